The second-order valence-corrected chi connectivity index (χ2v) is 13.7. The van der Waals surface area contributed by atoms with Gasteiger partial charge < -0.3 is 17.2 Å². The lowest BCUT2D eigenvalue weighted by atomic mass is 9.99. The molecule has 6 aliphatic rings. The summed E-state index contributed by atoms with van der Waals surface area (Å²) in [5.41, 5.74) is 38.7. The third kappa shape index (κ3) is 4.89. The van der Waals surface area contributed by atoms with Crippen LogP contribution in [0.4, 0.5) is 17.1 Å². The molecule has 3 aromatic carbocycles. The molecule has 0 unspecified atom stereocenters. The summed E-state index contributed by atoms with van der Waals surface area (Å²) >= 11 is 12.8. The number of hydrogen-bond donors (Lipinski definition) is 3. The van der Waals surface area contributed by atoms with E-state index >= 15 is 0 Å². The van der Waals surface area contributed by atoms with E-state index < -0.39 is 0 Å². The van der Waals surface area contributed by atoms with Crippen molar-refractivity contribution in [1.82, 2.24) is 0 Å². The molecular weight excluding hydrogens is 557 g/mol. The van der Waals surface area contributed by atoms with Gasteiger partial charge in [0.1, 0.15) is 0 Å². The number of benzene rings is 3. The van der Waals surface area contributed by atoms with E-state index in [4.69, 9.17) is 40.4 Å². The Morgan fingerprint density at radius 1 is 0.357 bits per heavy atom. The monoisotopic (exact) mass is 603 g/mol. The van der Waals surface area contributed by atoms with E-state index in [-0.39, 0.29) is 7.43 Å². The molecule has 5 heteroatoms. The van der Waals surface area contributed by atoms with Crippen LogP contribution in [0.1, 0.15) is 113 Å². The van der Waals surface area contributed by atoms with Crippen molar-refractivity contribution in [3.8, 4) is 0 Å². The molecule has 0 atom stereocenters. The van der Waals surface area contributed by atoms with Gasteiger partial charge in [0.15, 0.2) is 0 Å². The van der Waals surface area contributed by atoms with Crippen molar-refractivity contribution in [2.45, 2.75) is 123 Å². The molecule has 0 spiro atoms. The van der Waals surface area contributed by atoms with E-state index in [1.54, 1.807) is 0 Å². The van der Waals surface area contributed by atoms with Crippen molar-refractivity contribution >= 4 is 40.3 Å². The van der Waals surface area contributed by atoms with Gasteiger partial charge in [0, 0.05) is 27.1 Å². The maximum absolute atomic E-state index is 6.42. The molecule has 0 saturated heterocycles. The Labute approximate surface area is 262 Å². The van der Waals surface area contributed by atoms with Crippen molar-refractivity contribution in [1.29, 1.82) is 0 Å². The minimum atomic E-state index is 0. The van der Waals surface area contributed by atoms with Gasteiger partial charge in [0.25, 0.3) is 0 Å². The number of nitrogens with two attached hydrogens (primary N) is 3. The van der Waals surface area contributed by atoms with E-state index in [1.807, 2.05) is 0 Å². The number of anilines is 3. The van der Waals surface area contributed by atoms with E-state index in [0.717, 1.165) is 78.5 Å². The number of halogens is 2. The van der Waals surface area contributed by atoms with Crippen LogP contribution in [0, 0.1) is 0 Å². The van der Waals surface area contributed by atoms with Gasteiger partial charge in [-0.15, -0.1) is 0 Å². The Morgan fingerprint density at radius 2 is 0.595 bits per heavy atom. The molecule has 9 rings (SSSR count). The van der Waals surface area contributed by atoms with E-state index in [1.165, 1.54) is 131 Å². The fraction of sp³-hybridized carbons (Fsp3) is 0.514. The first-order chi connectivity index (χ1) is 19.9. The largest absolute Gasteiger partial charge is 0.398 e. The zero-order valence-corrected chi connectivity index (χ0v) is 25.8. The molecule has 0 bridgehead atoms. The van der Waals surface area contributed by atoms with Gasteiger partial charge in [-0.3, -0.25) is 0 Å². The molecule has 0 saturated carbocycles. The van der Waals surface area contributed by atoms with E-state index in [2.05, 4.69) is 6.07 Å². The second kappa shape index (κ2) is 12.0. The van der Waals surface area contributed by atoms with Crippen LogP contribution in [-0.2, 0) is 77.0 Å². The molecule has 6 aliphatic carbocycles. The number of fused-ring (bicyclic) bond motifs is 6. The summed E-state index contributed by atoms with van der Waals surface area (Å²) in [6.07, 6.45) is 21.5. The third-order valence-corrected chi connectivity index (χ3v) is 11.7. The first-order valence-corrected chi connectivity index (χ1v) is 16.8. The van der Waals surface area contributed by atoms with Gasteiger partial charge in [0.05, 0.1) is 0 Å². The van der Waals surface area contributed by atoms with Crippen molar-refractivity contribution in [3.63, 3.8) is 0 Å². The number of rotatable bonds is 0. The summed E-state index contributed by atoms with van der Waals surface area (Å²) in [5.74, 6) is 0. The van der Waals surface area contributed by atoms with E-state index in [0.29, 0.717) is 0 Å². The van der Waals surface area contributed by atoms with Gasteiger partial charge in [0.2, 0.25) is 0 Å². The van der Waals surface area contributed by atoms with Crippen LogP contribution in [0.15, 0.2) is 6.07 Å². The van der Waals surface area contributed by atoms with Gasteiger partial charge in [-0.05, 0) is 182 Å². The molecule has 224 valence electrons. The highest BCUT2D eigenvalue weighted by Crippen LogP contribution is 2.44. The molecule has 0 aliphatic heterocycles. The van der Waals surface area contributed by atoms with Crippen LogP contribution in [-0.4, -0.2) is 0 Å². The van der Waals surface area contributed by atoms with Crippen LogP contribution in [0.3, 0.4) is 0 Å². The van der Waals surface area contributed by atoms with E-state index in [9.17, 15) is 0 Å². The molecule has 3 nitrogen and oxygen atoms in total. The zero-order chi connectivity index (χ0) is 28.2. The summed E-state index contributed by atoms with van der Waals surface area (Å²) in [6.45, 7) is 0. The minimum absolute atomic E-state index is 0. The van der Waals surface area contributed by atoms with Gasteiger partial charge in [-0.2, -0.15) is 0 Å². The fourth-order valence-electron chi connectivity index (χ4n) is 8.72. The standard InChI is InChI=1S/2C12H14ClN.C12H15N.CH4/c2*13-11-7-3-1-5-9(7)12(14)10-6-2-4-8(10)11;13-12-10-5-1-3-8(10)7-9-4-2-6-11(9)12;/h2*1-6,14H2;7H,1-6,13H2;1H4. The summed E-state index contributed by atoms with van der Waals surface area (Å²) in [6, 6.07) is 2.42. The van der Waals surface area contributed by atoms with Gasteiger partial charge in [-0.1, -0.05) is 36.7 Å². The Kier molecular flexibility index (Phi) is 8.46. The Hall–Kier alpha value is -2.36. The van der Waals surface area contributed by atoms with Crippen LogP contribution >= 0.6 is 23.2 Å². The lowest BCUT2D eigenvalue weighted by Crippen LogP contribution is -2.01. The Morgan fingerprint density at radius 3 is 0.929 bits per heavy atom. The molecule has 0 radical (unpaired) electrons. The zero-order valence-electron chi connectivity index (χ0n) is 24.3. The minimum Gasteiger partial charge on any atom is -0.398 e. The van der Waals surface area contributed by atoms with Crippen LogP contribution in [0.25, 0.3) is 0 Å². The molecule has 42 heavy (non-hydrogen) atoms. The predicted octanol–water partition coefficient (Wildman–Crippen LogP) is 8.68. The Bertz CT molecular complexity index is 1300. The summed E-state index contributed by atoms with van der Waals surface area (Å²) in [5, 5.41) is 2.08. The van der Waals surface area contributed by atoms with Crippen molar-refractivity contribution < 1.29 is 0 Å². The smallest absolute Gasteiger partial charge is 0.0477 e. The number of hydrogen-bond acceptors (Lipinski definition) is 3. The number of nitrogen functional groups attached to an aromatic ring is 3. The van der Waals surface area contributed by atoms with Crippen molar-refractivity contribution in [3.05, 3.63) is 82.9 Å². The summed E-state index contributed by atoms with van der Waals surface area (Å²) < 4.78 is 0. The van der Waals surface area contributed by atoms with Crippen molar-refractivity contribution in [2.24, 2.45) is 0 Å². The normalized spacial score (nSPS) is 18.0. The van der Waals surface area contributed by atoms with Gasteiger partial charge >= 0.3 is 0 Å². The average molecular weight is 605 g/mol. The quantitative estimate of drug-likeness (QED) is 0.225. The van der Waals surface area contributed by atoms with Crippen LogP contribution < -0.4 is 17.2 Å². The molecular formula is C37H47Cl2N3. The highest BCUT2D eigenvalue weighted by Gasteiger charge is 2.28. The molecule has 0 aromatic heterocycles. The highest BCUT2D eigenvalue weighted by atomic mass is 35.5. The molecule has 6 N–H and O–H groups in total. The number of aryl methyl sites for hydroxylation is 2. The van der Waals surface area contributed by atoms with Crippen LogP contribution in [0.5, 0.6) is 0 Å². The molecule has 0 heterocycles. The second-order valence-electron chi connectivity index (χ2n) is 13.0. The predicted molar refractivity (Wildman–Crippen MR) is 181 cm³/mol. The SMILES string of the molecule is C.Nc1c2c(c(Cl)c3c1CCC3)CCC2.Nc1c2c(c(Cl)c3c1CCC3)CCC2.Nc1c2c(cc3c1CCC3)CCC2. The van der Waals surface area contributed by atoms with Gasteiger partial charge in [-0.25, -0.2) is 0 Å². The Balaban J connectivity index is 0.000000111. The summed E-state index contributed by atoms with van der Waals surface area (Å²) in [4.78, 5) is 0. The third-order valence-electron chi connectivity index (χ3n) is 10.8. The molecule has 0 fully saturated rings. The highest BCUT2D eigenvalue weighted by molar-refractivity contribution is 6.33. The topological polar surface area (TPSA) is 78.1 Å². The van der Waals surface area contributed by atoms with Crippen LogP contribution in [0.2, 0.25) is 10.0 Å². The fourth-order valence-corrected chi connectivity index (χ4v) is 9.56. The first-order valence-electron chi connectivity index (χ1n) is 16.1. The molecule has 0 amide bonds. The lowest BCUT2D eigenvalue weighted by molar-refractivity contribution is 0.898. The maximum Gasteiger partial charge on any atom is 0.0477 e. The maximum atomic E-state index is 6.42. The lowest BCUT2D eigenvalue weighted by Gasteiger charge is -2.13. The first kappa shape index (κ1) is 29.7. The average Bonchev–Trinajstić information content (AvgIpc) is 3.83. The molecule has 3 aromatic rings. The van der Waals surface area contributed by atoms with Crippen molar-refractivity contribution in [2.75, 3.05) is 17.2 Å². The summed E-state index contributed by atoms with van der Waals surface area (Å²) in [7, 11) is 0.